The van der Waals surface area contributed by atoms with Gasteiger partial charge in [0.25, 0.3) is 0 Å². The van der Waals surface area contributed by atoms with Crippen LogP contribution in [-0.4, -0.2) is 23.3 Å². The second kappa shape index (κ2) is 8.42. The summed E-state index contributed by atoms with van der Waals surface area (Å²) in [7, 11) is 0. The molecule has 0 aliphatic carbocycles. The van der Waals surface area contributed by atoms with Crippen LogP contribution in [0.1, 0.15) is 30.0 Å². The number of aryl methyl sites for hydroxylation is 2. The third-order valence-electron chi connectivity index (χ3n) is 4.16. The van der Waals surface area contributed by atoms with Gasteiger partial charge in [-0.1, -0.05) is 24.3 Å². The van der Waals surface area contributed by atoms with Crippen molar-refractivity contribution in [1.82, 2.24) is 4.90 Å². The van der Waals surface area contributed by atoms with Gasteiger partial charge < -0.3 is 10.2 Å². The average molecular weight is 342 g/mol. The van der Waals surface area contributed by atoms with Gasteiger partial charge in [0.1, 0.15) is 5.82 Å². The highest BCUT2D eigenvalue weighted by atomic mass is 19.1. The first kappa shape index (κ1) is 18.6. The van der Waals surface area contributed by atoms with E-state index >= 15 is 0 Å². The predicted molar refractivity (Wildman–Crippen MR) is 96.7 cm³/mol. The fourth-order valence-electron chi connectivity index (χ4n) is 2.46. The van der Waals surface area contributed by atoms with Crippen molar-refractivity contribution in [2.45, 2.75) is 33.7 Å². The van der Waals surface area contributed by atoms with Gasteiger partial charge in [0.2, 0.25) is 11.8 Å². The minimum absolute atomic E-state index is 0.152. The van der Waals surface area contributed by atoms with Crippen molar-refractivity contribution in [1.29, 1.82) is 0 Å². The molecule has 0 aliphatic rings. The number of amides is 2. The summed E-state index contributed by atoms with van der Waals surface area (Å²) in [6.45, 7) is 5.80. The summed E-state index contributed by atoms with van der Waals surface area (Å²) < 4.78 is 13.8. The SMILES string of the molecule is CC(=O)N(CCC(=O)Nc1ccc(C)c(C)c1)Cc1ccccc1F. The number of carbonyl (C=O) groups excluding carboxylic acids is 2. The number of carbonyl (C=O) groups is 2. The molecule has 0 radical (unpaired) electrons. The Morgan fingerprint density at radius 2 is 1.80 bits per heavy atom. The van der Waals surface area contributed by atoms with Crippen LogP contribution in [0.4, 0.5) is 10.1 Å². The Bertz CT molecular complexity index is 774. The Balaban J connectivity index is 1.94. The van der Waals surface area contributed by atoms with Crippen LogP contribution in [0.15, 0.2) is 42.5 Å². The van der Waals surface area contributed by atoms with E-state index in [-0.39, 0.29) is 37.1 Å². The van der Waals surface area contributed by atoms with Gasteiger partial charge in [0, 0.05) is 37.7 Å². The number of anilines is 1. The highest BCUT2D eigenvalue weighted by Gasteiger charge is 2.14. The van der Waals surface area contributed by atoms with Gasteiger partial charge in [-0.2, -0.15) is 0 Å². The van der Waals surface area contributed by atoms with Crippen LogP contribution in [0.2, 0.25) is 0 Å². The van der Waals surface area contributed by atoms with Gasteiger partial charge in [-0.3, -0.25) is 9.59 Å². The van der Waals surface area contributed by atoms with Crippen LogP contribution in [-0.2, 0) is 16.1 Å². The zero-order valence-corrected chi connectivity index (χ0v) is 14.8. The third kappa shape index (κ3) is 5.41. The maximum absolute atomic E-state index is 13.8. The van der Waals surface area contributed by atoms with Gasteiger partial charge in [0.05, 0.1) is 0 Å². The summed E-state index contributed by atoms with van der Waals surface area (Å²) in [6.07, 6.45) is 0.154. The topological polar surface area (TPSA) is 49.4 Å². The van der Waals surface area contributed by atoms with Gasteiger partial charge in [-0.15, -0.1) is 0 Å². The van der Waals surface area contributed by atoms with Crippen molar-refractivity contribution < 1.29 is 14.0 Å². The van der Waals surface area contributed by atoms with E-state index in [1.807, 2.05) is 32.0 Å². The molecule has 5 heteroatoms. The maximum Gasteiger partial charge on any atom is 0.226 e. The Hall–Kier alpha value is -2.69. The standard InChI is InChI=1S/C20H23FN2O2/c1-14-8-9-18(12-15(14)2)22-20(25)10-11-23(16(3)24)13-17-6-4-5-7-19(17)21/h4-9,12H,10-11,13H2,1-3H3,(H,22,25). The number of hydrogen-bond donors (Lipinski definition) is 1. The zero-order chi connectivity index (χ0) is 18.4. The molecule has 0 atom stereocenters. The number of rotatable bonds is 6. The van der Waals surface area contributed by atoms with Crippen LogP contribution in [0.25, 0.3) is 0 Å². The molecule has 0 saturated heterocycles. The molecule has 2 aromatic rings. The average Bonchev–Trinajstić information content (AvgIpc) is 2.56. The van der Waals surface area contributed by atoms with Crippen molar-refractivity contribution in [3.63, 3.8) is 0 Å². The van der Waals surface area contributed by atoms with Crippen molar-refractivity contribution >= 4 is 17.5 Å². The van der Waals surface area contributed by atoms with Gasteiger partial charge in [-0.05, 0) is 43.2 Å². The van der Waals surface area contributed by atoms with E-state index in [1.165, 1.54) is 17.9 Å². The molecule has 0 unspecified atom stereocenters. The lowest BCUT2D eigenvalue weighted by Gasteiger charge is -2.21. The molecule has 4 nitrogen and oxygen atoms in total. The van der Waals surface area contributed by atoms with Gasteiger partial charge >= 0.3 is 0 Å². The molecule has 0 aromatic heterocycles. The molecule has 0 spiro atoms. The summed E-state index contributed by atoms with van der Waals surface area (Å²) >= 11 is 0. The highest BCUT2D eigenvalue weighted by molar-refractivity contribution is 5.91. The molecule has 0 aliphatic heterocycles. The van der Waals surface area contributed by atoms with Gasteiger partial charge in [0.15, 0.2) is 0 Å². The van der Waals surface area contributed by atoms with E-state index in [0.29, 0.717) is 5.56 Å². The van der Waals surface area contributed by atoms with Crippen molar-refractivity contribution in [2.24, 2.45) is 0 Å². The number of halogens is 1. The molecular formula is C20H23FN2O2. The van der Waals surface area contributed by atoms with E-state index in [0.717, 1.165) is 16.8 Å². The summed E-state index contributed by atoms with van der Waals surface area (Å²) in [5, 5.41) is 2.83. The molecule has 25 heavy (non-hydrogen) atoms. The maximum atomic E-state index is 13.8. The quantitative estimate of drug-likeness (QED) is 0.867. The Morgan fingerprint density at radius 3 is 2.44 bits per heavy atom. The Labute approximate surface area is 147 Å². The van der Waals surface area contributed by atoms with Crippen LogP contribution in [0, 0.1) is 19.7 Å². The molecule has 0 heterocycles. The second-order valence-corrected chi connectivity index (χ2v) is 6.13. The molecule has 1 N–H and O–H groups in total. The van der Waals surface area contributed by atoms with E-state index in [4.69, 9.17) is 0 Å². The summed E-state index contributed by atoms with van der Waals surface area (Å²) in [5.41, 5.74) is 3.43. The minimum atomic E-state index is -0.353. The van der Waals surface area contributed by atoms with Crippen LogP contribution < -0.4 is 5.32 Å². The first-order valence-electron chi connectivity index (χ1n) is 8.23. The normalized spacial score (nSPS) is 10.4. The molecule has 2 rings (SSSR count). The number of nitrogens with one attached hydrogen (secondary N) is 1. The number of nitrogens with zero attached hydrogens (tertiary/aromatic N) is 1. The first-order chi connectivity index (χ1) is 11.9. The fraction of sp³-hybridized carbons (Fsp3) is 0.300. The molecule has 2 amide bonds. The van der Waals surface area contributed by atoms with E-state index < -0.39 is 0 Å². The number of benzene rings is 2. The van der Waals surface area contributed by atoms with E-state index in [2.05, 4.69) is 5.32 Å². The minimum Gasteiger partial charge on any atom is -0.338 e. The molecule has 2 aromatic carbocycles. The van der Waals surface area contributed by atoms with Crippen LogP contribution in [0.3, 0.4) is 0 Å². The molecular weight excluding hydrogens is 319 g/mol. The Kier molecular flexibility index (Phi) is 6.28. The first-order valence-corrected chi connectivity index (χ1v) is 8.23. The lowest BCUT2D eigenvalue weighted by atomic mass is 10.1. The van der Waals surface area contributed by atoms with Crippen molar-refractivity contribution in [2.75, 3.05) is 11.9 Å². The predicted octanol–water partition coefficient (Wildman–Crippen LogP) is 3.82. The van der Waals surface area contributed by atoms with Gasteiger partial charge in [-0.25, -0.2) is 4.39 Å². The zero-order valence-electron chi connectivity index (χ0n) is 14.8. The van der Waals surface area contributed by atoms with Crippen molar-refractivity contribution in [3.8, 4) is 0 Å². The monoisotopic (exact) mass is 342 g/mol. The largest absolute Gasteiger partial charge is 0.338 e. The lowest BCUT2D eigenvalue weighted by molar-refractivity contribution is -0.130. The smallest absolute Gasteiger partial charge is 0.226 e. The molecule has 0 bridgehead atoms. The fourth-order valence-corrected chi connectivity index (χ4v) is 2.46. The molecule has 132 valence electrons. The molecule has 0 fully saturated rings. The highest BCUT2D eigenvalue weighted by Crippen LogP contribution is 2.15. The molecule has 0 saturated carbocycles. The summed E-state index contributed by atoms with van der Waals surface area (Å²) in [4.78, 5) is 25.4. The van der Waals surface area contributed by atoms with E-state index in [1.54, 1.807) is 18.2 Å². The third-order valence-corrected chi connectivity index (χ3v) is 4.16. The van der Waals surface area contributed by atoms with E-state index in [9.17, 15) is 14.0 Å². The Morgan fingerprint density at radius 1 is 1.08 bits per heavy atom. The lowest BCUT2D eigenvalue weighted by Crippen LogP contribution is -2.31. The van der Waals surface area contributed by atoms with Crippen molar-refractivity contribution in [3.05, 3.63) is 65.0 Å². The van der Waals surface area contributed by atoms with Crippen LogP contribution in [0.5, 0.6) is 0 Å². The summed E-state index contributed by atoms with van der Waals surface area (Å²) in [6, 6.07) is 12.0. The second-order valence-electron chi connectivity index (χ2n) is 6.13. The van der Waals surface area contributed by atoms with Crippen LogP contribution >= 0.6 is 0 Å². The summed E-state index contributed by atoms with van der Waals surface area (Å²) in [5.74, 6) is -0.724. The number of hydrogen-bond acceptors (Lipinski definition) is 2.